The second-order valence-corrected chi connectivity index (χ2v) is 6.33. The molecule has 1 heterocycles. The molecule has 1 fully saturated rings. The normalized spacial score (nSPS) is 18.6. The quantitative estimate of drug-likeness (QED) is 0.922. The predicted molar refractivity (Wildman–Crippen MR) is 82.5 cm³/mol. The van der Waals surface area contributed by atoms with Crippen molar-refractivity contribution in [2.45, 2.75) is 44.2 Å². The summed E-state index contributed by atoms with van der Waals surface area (Å²) >= 11 is 3.53. The van der Waals surface area contributed by atoms with Crippen molar-refractivity contribution in [3.8, 4) is 0 Å². The first kappa shape index (κ1) is 13.8. The molecule has 0 spiro atoms. The van der Waals surface area contributed by atoms with Crippen LogP contribution in [0.4, 0.5) is 0 Å². The van der Waals surface area contributed by atoms with Gasteiger partial charge in [-0.2, -0.15) is 5.10 Å². The third kappa shape index (κ3) is 2.02. The fourth-order valence-corrected chi connectivity index (χ4v) is 3.72. The molecule has 0 radical (unpaired) electrons. The monoisotopic (exact) mass is 334 g/mol. The molecule has 1 N–H and O–H groups in total. The van der Waals surface area contributed by atoms with Crippen molar-refractivity contribution in [2.75, 3.05) is 0 Å². The first-order valence-corrected chi connectivity index (χ1v) is 7.93. The summed E-state index contributed by atoms with van der Waals surface area (Å²) in [5.41, 5.74) is 1.97. The molecule has 20 heavy (non-hydrogen) atoms. The van der Waals surface area contributed by atoms with E-state index >= 15 is 0 Å². The minimum atomic E-state index is -0.518. The van der Waals surface area contributed by atoms with Gasteiger partial charge in [-0.05, 0) is 41.3 Å². The van der Waals surface area contributed by atoms with Crippen molar-refractivity contribution in [2.24, 2.45) is 0 Å². The maximum Gasteiger partial charge on any atom is 0.106 e. The lowest BCUT2D eigenvalue weighted by molar-refractivity contribution is 0.0200. The number of aromatic nitrogens is 2. The Morgan fingerprint density at radius 2 is 2.05 bits per heavy atom. The second kappa shape index (κ2) is 5.34. The van der Waals surface area contributed by atoms with Crippen LogP contribution in [0, 0.1) is 0 Å². The molecule has 1 aromatic heterocycles. The lowest BCUT2D eigenvalue weighted by Gasteiger charge is -2.46. The average Bonchev–Trinajstić information content (AvgIpc) is 2.79. The summed E-state index contributed by atoms with van der Waals surface area (Å²) in [7, 11) is 0. The number of aryl methyl sites for hydroxylation is 1. The highest BCUT2D eigenvalue weighted by Crippen LogP contribution is 2.52. The molecule has 1 unspecified atom stereocenters. The number of hydrogen-bond donors (Lipinski definition) is 1. The van der Waals surface area contributed by atoms with Gasteiger partial charge in [-0.3, -0.25) is 4.68 Å². The van der Waals surface area contributed by atoms with Crippen LogP contribution in [-0.4, -0.2) is 14.9 Å². The minimum absolute atomic E-state index is 0.156. The summed E-state index contributed by atoms with van der Waals surface area (Å²) in [5.74, 6) is 0. The maximum absolute atomic E-state index is 11.0. The van der Waals surface area contributed by atoms with Gasteiger partial charge in [-0.1, -0.05) is 36.8 Å². The van der Waals surface area contributed by atoms with E-state index in [1.54, 1.807) is 6.20 Å². The van der Waals surface area contributed by atoms with E-state index < -0.39 is 6.10 Å². The Bertz CT molecular complexity index is 590. The van der Waals surface area contributed by atoms with Gasteiger partial charge in [0, 0.05) is 12.0 Å². The van der Waals surface area contributed by atoms with E-state index in [1.165, 1.54) is 12.0 Å². The fraction of sp³-hybridized carbons (Fsp3) is 0.438. The molecule has 1 saturated carbocycles. The first-order chi connectivity index (χ1) is 9.69. The molecule has 0 saturated heterocycles. The summed E-state index contributed by atoms with van der Waals surface area (Å²) in [5, 5.41) is 15.4. The molecule has 1 aliphatic carbocycles. The summed E-state index contributed by atoms with van der Waals surface area (Å²) in [6.07, 6.45) is 4.48. The van der Waals surface area contributed by atoms with Gasteiger partial charge in [0.2, 0.25) is 0 Å². The summed E-state index contributed by atoms with van der Waals surface area (Å²) in [6.45, 7) is 2.81. The first-order valence-electron chi connectivity index (χ1n) is 7.14. The molecule has 3 nitrogen and oxygen atoms in total. The Morgan fingerprint density at radius 1 is 1.35 bits per heavy atom. The molecular weight excluding hydrogens is 316 g/mol. The Labute approximate surface area is 127 Å². The van der Waals surface area contributed by atoms with Crippen molar-refractivity contribution in [1.29, 1.82) is 0 Å². The van der Waals surface area contributed by atoms with Crippen molar-refractivity contribution in [3.05, 3.63) is 52.3 Å². The minimum Gasteiger partial charge on any atom is -0.386 e. The molecule has 106 valence electrons. The number of aliphatic hydroxyl groups is 1. The Morgan fingerprint density at radius 3 is 2.60 bits per heavy atom. The topological polar surface area (TPSA) is 38.0 Å². The summed E-state index contributed by atoms with van der Waals surface area (Å²) in [4.78, 5) is 0. The van der Waals surface area contributed by atoms with Crippen molar-refractivity contribution in [3.63, 3.8) is 0 Å². The molecule has 0 amide bonds. The standard InChI is InChI=1S/C16H19BrN2O/c1-2-19-14(13(17)11-18-19)15(20)16(9-6-10-16)12-7-4-3-5-8-12/h3-5,7-8,11,15,20H,2,6,9-10H2,1H3. The number of nitrogens with zero attached hydrogens (tertiary/aromatic N) is 2. The fourth-order valence-electron chi connectivity index (χ4n) is 3.21. The Balaban J connectivity index is 2.03. The zero-order valence-electron chi connectivity index (χ0n) is 11.6. The van der Waals surface area contributed by atoms with Crippen LogP contribution >= 0.6 is 15.9 Å². The number of aliphatic hydroxyl groups excluding tert-OH is 1. The number of hydrogen-bond acceptors (Lipinski definition) is 2. The van der Waals surface area contributed by atoms with E-state index in [9.17, 15) is 5.11 Å². The van der Waals surface area contributed by atoms with Crippen LogP contribution in [0.15, 0.2) is 41.0 Å². The lowest BCUT2D eigenvalue weighted by atomic mass is 9.60. The molecule has 3 rings (SSSR count). The van der Waals surface area contributed by atoms with E-state index in [-0.39, 0.29) is 5.41 Å². The van der Waals surface area contributed by atoms with Gasteiger partial charge in [-0.15, -0.1) is 0 Å². The zero-order chi connectivity index (χ0) is 14.2. The van der Waals surface area contributed by atoms with Crippen molar-refractivity contribution >= 4 is 15.9 Å². The summed E-state index contributed by atoms with van der Waals surface area (Å²) in [6, 6.07) is 10.4. The van der Waals surface area contributed by atoms with Gasteiger partial charge in [0.15, 0.2) is 0 Å². The van der Waals surface area contributed by atoms with Crippen molar-refractivity contribution in [1.82, 2.24) is 9.78 Å². The SMILES string of the molecule is CCn1ncc(Br)c1C(O)C1(c2ccccc2)CCC1. The zero-order valence-corrected chi connectivity index (χ0v) is 13.2. The predicted octanol–water partition coefficient (Wildman–Crippen LogP) is 3.82. The van der Waals surface area contributed by atoms with Crippen LogP contribution in [0.1, 0.15) is 43.5 Å². The number of halogens is 1. The second-order valence-electron chi connectivity index (χ2n) is 5.47. The third-order valence-corrected chi connectivity index (χ3v) is 5.12. The van der Waals surface area contributed by atoms with Crippen LogP contribution in [0.25, 0.3) is 0 Å². The smallest absolute Gasteiger partial charge is 0.106 e. The highest BCUT2D eigenvalue weighted by Gasteiger charge is 2.47. The molecule has 2 aromatic rings. The van der Waals surface area contributed by atoms with Gasteiger partial charge in [-0.25, -0.2) is 0 Å². The molecule has 0 aliphatic heterocycles. The molecule has 4 heteroatoms. The van der Waals surface area contributed by atoms with E-state index in [2.05, 4.69) is 33.2 Å². The number of rotatable bonds is 4. The lowest BCUT2D eigenvalue weighted by Crippen LogP contribution is -2.41. The largest absolute Gasteiger partial charge is 0.386 e. The maximum atomic E-state index is 11.0. The summed E-state index contributed by atoms with van der Waals surface area (Å²) < 4.78 is 2.78. The van der Waals surface area contributed by atoms with Crippen molar-refractivity contribution < 1.29 is 5.11 Å². The number of benzene rings is 1. The van der Waals surface area contributed by atoms with Gasteiger partial charge in [0.25, 0.3) is 0 Å². The Kier molecular flexibility index (Phi) is 3.69. The molecule has 1 atom stereocenters. The van der Waals surface area contributed by atoms with E-state index in [1.807, 2.05) is 29.8 Å². The average molecular weight is 335 g/mol. The van der Waals surface area contributed by atoms with Crippen LogP contribution in [0.3, 0.4) is 0 Å². The van der Waals surface area contributed by atoms with Crippen LogP contribution in [0.2, 0.25) is 0 Å². The highest BCUT2D eigenvalue weighted by atomic mass is 79.9. The Hall–Kier alpha value is -1.13. The van der Waals surface area contributed by atoms with E-state index in [0.717, 1.165) is 29.6 Å². The third-order valence-electron chi connectivity index (χ3n) is 4.51. The molecular formula is C16H19BrN2O. The highest BCUT2D eigenvalue weighted by molar-refractivity contribution is 9.10. The van der Waals surface area contributed by atoms with E-state index in [4.69, 9.17) is 0 Å². The van der Waals surface area contributed by atoms with E-state index in [0.29, 0.717) is 0 Å². The van der Waals surface area contributed by atoms with Gasteiger partial charge in [0.05, 0.1) is 16.4 Å². The molecule has 1 aromatic carbocycles. The van der Waals surface area contributed by atoms with Gasteiger partial charge >= 0.3 is 0 Å². The molecule has 0 bridgehead atoms. The van der Waals surface area contributed by atoms with Crippen LogP contribution in [0.5, 0.6) is 0 Å². The van der Waals surface area contributed by atoms with Crippen LogP contribution in [-0.2, 0) is 12.0 Å². The van der Waals surface area contributed by atoms with Crippen LogP contribution < -0.4 is 0 Å². The van der Waals surface area contributed by atoms with Gasteiger partial charge < -0.3 is 5.11 Å². The molecule has 1 aliphatic rings. The van der Waals surface area contributed by atoms with Gasteiger partial charge in [0.1, 0.15) is 6.10 Å².